The van der Waals surface area contributed by atoms with Crippen LogP contribution >= 0.6 is 11.8 Å². The third-order valence-electron chi connectivity index (χ3n) is 3.14. The number of hydrogen-bond donors (Lipinski definition) is 0. The van der Waals surface area contributed by atoms with E-state index in [9.17, 15) is 0 Å². The number of aromatic nitrogens is 4. The van der Waals surface area contributed by atoms with Gasteiger partial charge in [-0.3, -0.25) is 0 Å². The Kier molecular flexibility index (Phi) is 3.21. The molecule has 0 aliphatic carbocycles. The Morgan fingerprint density at radius 3 is 2.68 bits per heavy atom. The lowest BCUT2D eigenvalue weighted by molar-refractivity contribution is 0.577. The zero-order valence-corrected chi connectivity index (χ0v) is 11.6. The summed E-state index contributed by atoms with van der Waals surface area (Å²) in [4.78, 5) is 8.82. The summed E-state index contributed by atoms with van der Waals surface area (Å²) >= 11 is 1.54. The van der Waals surface area contributed by atoms with Gasteiger partial charge in [0.1, 0.15) is 0 Å². The Labute approximate surface area is 115 Å². The van der Waals surface area contributed by atoms with Gasteiger partial charge in [0.25, 0.3) is 0 Å². The normalized spacial score (nSPS) is 12.7. The van der Waals surface area contributed by atoms with Crippen LogP contribution in [0.4, 0.5) is 0 Å². The minimum Gasteiger partial charge on any atom is -0.240 e. The summed E-state index contributed by atoms with van der Waals surface area (Å²) in [7, 11) is 0. The van der Waals surface area contributed by atoms with Crippen molar-refractivity contribution >= 4 is 22.8 Å². The Bertz CT molecular complexity index is 693. The highest BCUT2D eigenvalue weighted by atomic mass is 32.2. The summed E-state index contributed by atoms with van der Waals surface area (Å²) in [5.74, 6) is 0. The molecule has 0 N–H and O–H groups in total. The maximum atomic E-state index is 4.55. The lowest BCUT2D eigenvalue weighted by atomic mass is 10.1. The highest BCUT2D eigenvalue weighted by Gasteiger charge is 2.13. The van der Waals surface area contributed by atoms with Gasteiger partial charge in [0, 0.05) is 6.20 Å². The number of rotatable bonds is 3. The quantitative estimate of drug-likeness (QED) is 0.541. The molecule has 1 aromatic carbocycles. The van der Waals surface area contributed by atoms with Gasteiger partial charge in [-0.2, -0.15) is 5.10 Å². The molecule has 0 aliphatic heterocycles. The number of fused-ring (bicyclic) bond motifs is 1. The fraction of sp³-hybridized carbons (Fsp3) is 0.214. The van der Waals surface area contributed by atoms with Crippen molar-refractivity contribution in [2.24, 2.45) is 0 Å². The molecule has 2 aromatic heterocycles. The van der Waals surface area contributed by atoms with Gasteiger partial charge in [-0.15, -0.1) is 0 Å². The average Bonchev–Trinajstić information content (AvgIpc) is 2.90. The van der Waals surface area contributed by atoms with Crippen LogP contribution in [-0.4, -0.2) is 26.0 Å². The summed E-state index contributed by atoms with van der Waals surface area (Å²) in [5, 5.41) is 6.20. The summed E-state index contributed by atoms with van der Waals surface area (Å²) < 4.78 is 1.95. The Hall–Kier alpha value is -1.88. The van der Waals surface area contributed by atoms with E-state index >= 15 is 0 Å². The van der Waals surface area contributed by atoms with Crippen molar-refractivity contribution in [3.63, 3.8) is 0 Å². The number of hydrogen-bond acceptors (Lipinski definition) is 4. The molecule has 2 heterocycles. The minimum atomic E-state index is 0.156. The van der Waals surface area contributed by atoms with E-state index in [1.807, 2.05) is 41.5 Å². The molecule has 0 bridgehead atoms. The minimum absolute atomic E-state index is 0.156. The molecule has 1 atom stereocenters. The fourth-order valence-electron chi connectivity index (χ4n) is 2.07. The maximum Gasteiger partial charge on any atom is 0.189 e. The first kappa shape index (κ1) is 12.2. The number of nitrogens with zero attached hydrogens (tertiary/aromatic N) is 4. The van der Waals surface area contributed by atoms with Crippen LogP contribution in [-0.2, 0) is 0 Å². The number of benzene rings is 1. The Balaban J connectivity index is 2.09. The van der Waals surface area contributed by atoms with Crippen LogP contribution in [0.5, 0.6) is 0 Å². The van der Waals surface area contributed by atoms with Crippen molar-refractivity contribution < 1.29 is 0 Å². The van der Waals surface area contributed by atoms with Crippen molar-refractivity contribution in [2.75, 3.05) is 6.26 Å². The molecular formula is C14H14N4S. The van der Waals surface area contributed by atoms with Crippen molar-refractivity contribution in [1.29, 1.82) is 0 Å². The second-order valence-electron chi connectivity index (χ2n) is 4.31. The third kappa shape index (κ3) is 2.21. The molecular weight excluding hydrogens is 256 g/mol. The molecule has 0 fully saturated rings. The van der Waals surface area contributed by atoms with Crippen LogP contribution in [0.1, 0.15) is 18.5 Å². The van der Waals surface area contributed by atoms with E-state index in [0.29, 0.717) is 0 Å². The molecule has 3 rings (SSSR count). The zero-order valence-electron chi connectivity index (χ0n) is 10.8. The van der Waals surface area contributed by atoms with Gasteiger partial charge in [-0.05, 0) is 18.7 Å². The fourth-order valence-corrected chi connectivity index (χ4v) is 2.41. The van der Waals surface area contributed by atoms with E-state index in [4.69, 9.17) is 0 Å². The van der Waals surface area contributed by atoms with Crippen molar-refractivity contribution in [3.8, 4) is 0 Å². The molecule has 0 radical (unpaired) electrons. The third-order valence-corrected chi connectivity index (χ3v) is 3.71. The first-order valence-electron chi connectivity index (χ1n) is 6.09. The van der Waals surface area contributed by atoms with Gasteiger partial charge in [-0.1, -0.05) is 42.1 Å². The summed E-state index contributed by atoms with van der Waals surface area (Å²) in [6, 6.07) is 10.5. The Morgan fingerprint density at radius 1 is 1.16 bits per heavy atom. The van der Waals surface area contributed by atoms with Gasteiger partial charge < -0.3 is 0 Å². The molecule has 5 heteroatoms. The molecule has 0 aliphatic rings. The van der Waals surface area contributed by atoms with Crippen LogP contribution in [0, 0.1) is 0 Å². The lowest BCUT2D eigenvalue weighted by Gasteiger charge is -2.13. The van der Waals surface area contributed by atoms with Gasteiger partial charge >= 0.3 is 0 Å². The van der Waals surface area contributed by atoms with Crippen LogP contribution in [0.25, 0.3) is 11.0 Å². The predicted octanol–water partition coefficient (Wildman–Crippen LogP) is 3.16. The maximum absolute atomic E-state index is 4.55. The summed E-state index contributed by atoms with van der Waals surface area (Å²) in [5.41, 5.74) is 2.10. The monoisotopic (exact) mass is 270 g/mol. The largest absolute Gasteiger partial charge is 0.240 e. The molecule has 96 valence electrons. The second-order valence-corrected chi connectivity index (χ2v) is 5.08. The van der Waals surface area contributed by atoms with Crippen molar-refractivity contribution in [1.82, 2.24) is 19.7 Å². The molecule has 0 saturated heterocycles. The molecule has 0 spiro atoms. The van der Waals surface area contributed by atoms with Gasteiger partial charge in [0.05, 0.1) is 17.6 Å². The molecule has 4 nitrogen and oxygen atoms in total. The highest BCUT2D eigenvalue weighted by Crippen LogP contribution is 2.22. The van der Waals surface area contributed by atoms with E-state index in [1.165, 1.54) is 17.3 Å². The van der Waals surface area contributed by atoms with Crippen LogP contribution in [0.2, 0.25) is 0 Å². The first-order valence-corrected chi connectivity index (χ1v) is 7.31. The van der Waals surface area contributed by atoms with Crippen molar-refractivity contribution in [2.45, 2.75) is 18.1 Å². The SMILES string of the molecule is CSc1ncc2cnn([C@@H](C)c3ccccc3)c2n1. The summed E-state index contributed by atoms with van der Waals surface area (Å²) in [6.07, 6.45) is 5.62. The van der Waals surface area contributed by atoms with Gasteiger partial charge in [0.15, 0.2) is 10.8 Å². The van der Waals surface area contributed by atoms with E-state index in [2.05, 4.69) is 34.1 Å². The second kappa shape index (κ2) is 5.01. The lowest BCUT2D eigenvalue weighted by Crippen LogP contribution is -2.09. The first-order chi connectivity index (χ1) is 9.29. The van der Waals surface area contributed by atoms with E-state index in [-0.39, 0.29) is 6.04 Å². The highest BCUT2D eigenvalue weighted by molar-refractivity contribution is 7.98. The predicted molar refractivity (Wildman–Crippen MR) is 77.4 cm³/mol. The average molecular weight is 270 g/mol. The molecule has 0 unspecified atom stereocenters. The zero-order chi connectivity index (χ0) is 13.2. The van der Waals surface area contributed by atoms with E-state index in [1.54, 1.807) is 0 Å². The van der Waals surface area contributed by atoms with Gasteiger partial charge in [-0.25, -0.2) is 14.6 Å². The smallest absolute Gasteiger partial charge is 0.189 e. The van der Waals surface area contributed by atoms with E-state index in [0.717, 1.165) is 16.2 Å². The number of thioether (sulfide) groups is 1. The van der Waals surface area contributed by atoms with Crippen LogP contribution in [0.3, 0.4) is 0 Å². The topological polar surface area (TPSA) is 43.6 Å². The molecule has 19 heavy (non-hydrogen) atoms. The Morgan fingerprint density at radius 2 is 1.95 bits per heavy atom. The van der Waals surface area contributed by atoms with Crippen LogP contribution in [0.15, 0.2) is 47.9 Å². The van der Waals surface area contributed by atoms with E-state index < -0.39 is 0 Å². The van der Waals surface area contributed by atoms with Gasteiger partial charge in [0.2, 0.25) is 0 Å². The van der Waals surface area contributed by atoms with Crippen molar-refractivity contribution in [3.05, 3.63) is 48.3 Å². The van der Waals surface area contributed by atoms with Crippen LogP contribution < -0.4 is 0 Å². The molecule has 3 aromatic rings. The standard InChI is InChI=1S/C14H14N4S/c1-10(11-6-4-3-5-7-11)18-13-12(9-16-18)8-15-14(17-13)19-2/h3-10H,1-2H3/t10-/m0/s1. The molecule has 0 saturated carbocycles. The molecule has 0 amide bonds. The summed E-state index contributed by atoms with van der Waals surface area (Å²) in [6.45, 7) is 2.13.